The van der Waals surface area contributed by atoms with Crippen molar-refractivity contribution in [2.45, 2.75) is 45.3 Å². The fourth-order valence-corrected chi connectivity index (χ4v) is 2.27. The smallest absolute Gasteiger partial charge is 0.347 e. The number of cyclic esters (lactones) is 1. The molecule has 1 aliphatic rings. The number of esters is 1. The van der Waals surface area contributed by atoms with Gasteiger partial charge in [0.2, 0.25) is 0 Å². The van der Waals surface area contributed by atoms with Gasteiger partial charge in [-0.05, 0) is 44.0 Å². The van der Waals surface area contributed by atoms with Crippen LogP contribution in [0.1, 0.15) is 32.3 Å². The van der Waals surface area contributed by atoms with Crippen LogP contribution >= 0.6 is 0 Å². The molecule has 0 bridgehead atoms. The van der Waals surface area contributed by atoms with Crippen molar-refractivity contribution in [2.24, 2.45) is 0 Å². The number of carbonyl (C=O) groups excluding carboxylic acids is 1. The van der Waals surface area contributed by atoms with Gasteiger partial charge in [0.15, 0.2) is 6.10 Å². The zero-order valence-corrected chi connectivity index (χ0v) is 12.2. The molecule has 1 fully saturated rings. The molecule has 2 atom stereocenters. The molecule has 4 heteroatoms. The maximum absolute atomic E-state index is 11.3. The predicted octanol–water partition coefficient (Wildman–Crippen LogP) is 2.31. The molecular weight excluding hydrogens is 254 g/mol. The Bertz CT molecular complexity index is 430. The summed E-state index contributed by atoms with van der Waals surface area (Å²) in [4.78, 5) is 11.3. The van der Waals surface area contributed by atoms with Crippen LogP contribution in [0.2, 0.25) is 0 Å². The van der Waals surface area contributed by atoms with Gasteiger partial charge in [0.25, 0.3) is 0 Å². The fourth-order valence-electron chi connectivity index (χ4n) is 2.27. The lowest BCUT2D eigenvalue weighted by Gasteiger charge is -2.14. The highest BCUT2D eigenvalue weighted by Crippen LogP contribution is 2.19. The lowest BCUT2D eigenvalue weighted by molar-refractivity contribution is -0.143. The first-order chi connectivity index (χ1) is 9.69. The first-order valence-corrected chi connectivity index (χ1v) is 7.34. The van der Waals surface area contributed by atoms with Gasteiger partial charge in [0.05, 0.1) is 6.61 Å². The van der Waals surface area contributed by atoms with Crippen molar-refractivity contribution in [3.8, 4) is 5.75 Å². The molecule has 20 heavy (non-hydrogen) atoms. The van der Waals surface area contributed by atoms with Crippen molar-refractivity contribution < 1.29 is 14.3 Å². The van der Waals surface area contributed by atoms with Gasteiger partial charge in [-0.1, -0.05) is 19.1 Å². The zero-order valence-electron chi connectivity index (χ0n) is 12.2. The van der Waals surface area contributed by atoms with Gasteiger partial charge in [-0.3, -0.25) is 0 Å². The molecule has 1 aromatic rings. The summed E-state index contributed by atoms with van der Waals surface area (Å²) in [5.74, 6) is 0.471. The van der Waals surface area contributed by atoms with E-state index in [1.807, 2.05) is 12.1 Å². The lowest BCUT2D eigenvalue weighted by atomic mass is 10.1. The Labute approximate surface area is 120 Å². The van der Waals surface area contributed by atoms with Crippen LogP contribution in [0.4, 0.5) is 0 Å². The lowest BCUT2D eigenvalue weighted by Crippen LogP contribution is -2.28. The van der Waals surface area contributed by atoms with E-state index < -0.39 is 6.10 Å². The monoisotopic (exact) mass is 277 g/mol. The van der Waals surface area contributed by atoms with Crippen LogP contribution in [0.15, 0.2) is 24.3 Å². The van der Waals surface area contributed by atoms with Crippen LogP contribution in [-0.2, 0) is 16.0 Å². The van der Waals surface area contributed by atoms with E-state index >= 15 is 0 Å². The molecule has 0 saturated carbocycles. The minimum Gasteiger partial charge on any atom is -0.479 e. The van der Waals surface area contributed by atoms with E-state index in [9.17, 15) is 4.79 Å². The minimum atomic E-state index is -0.439. The van der Waals surface area contributed by atoms with Crippen LogP contribution in [0, 0.1) is 0 Å². The maximum Gasteiger partial charge on any atom is 0.347 e. The zero-order chi connectivity index (χ0) is 14.4. The maximum atomic E-state index is 11.3. The fraction of sp³-hybridized carbons (Fsp3) is 0.562. The second-order valence-electron chi connectivity index (χ2n) is 5.27. The van der Waals surface area contributed by atoms with E-state index in [1.165, 1.54) is 5.56 Å². The summed E-state index contributed by atoms with van der Waals surface area (Å²) in [5.41, 5.74) is 1.27. The molecule has 0 amide bonds. The molecular formula is C16H23NO3. The third-order valence-electron chi connectivity index (χ3n) is 3.37. The Hall–Kier alpha value is -1.55. The summed E-state index contributed by atoms with van der Waals surface area (Å²) in [7, 11) is 0. The van der Waals surface area contributed by atoms with E-state index in [2.05, 4.69) is 31.3 Å². The molecule has 1 aliphatic heterocycles. The van der Waals surface area contributed by atoms with Gasteiger partial charge in [-0.2, -0.15) is 0 Å². The number of carbonyl (C=O) groups is 1. The van der Waals surface area contributed by atoms with Crippen molar-refractivity contribution in [1.29, 1.82) is 0 Å². The normalized spacial score (nSPS) is 19.7. The van der Waals surface area contributed by atoms with Crippen molar-refractivity contribution in [3.63, 3.8) is 0 Å². The molecule has 0 spiro atoms. The van der Waals surface area contributed by atoms with Crippen molar-refractivity contribution in [3.05, 3.63) is 29.8 Å². The Kier molecular flexibility index (Phi) is 5.41. The van der Waals surface area contributed by atoms with E-state index in [0.717, 1.165) is 25.1 Å². The van der Waals surface area contributed by atoms with Crippen LogP contribution in [0.5, 0.6) is 5.75 Å². The average Bonchev–Trinajstić information content (AvgIpc) is 2.84. The van der Waals surface area contributed by atoms with E-state index in [1.54, 1.807) is 0 Å². The number of hydrogen-bond donors (Lipinski definition) is 1. The highest BCUT2D eigenvalue weighted by Gasteiger charge is 2.28. The molecule has 0 radical (unpaired) electrons. The van der Waals surface area contributed by atoms with Gasteiger partial charge < -0.3 is 14.8 Å². The molecule has 1 heterocycles. The van der Waals surface area contributed by atoms with E-state index in [-0.39, 0.29) is 5.97 Å². The second kappa shape index (κ2) is 7.29. The third kappa shape index (κ3) is 4.23. The number of ether oxygens (including phenoxy) is 2. The van der Waals surface area contributed by atoms with Crippen LogP contribution in [0.3, 0.4) is 0 Å². The molecule has 2 unspecified atom stereocenters. The van der Waals surface area contributed by atoms with E-state index in [0.29, 0.717) is 19.1 Å². The average molecular weight is 277 g/mol. The summed E-state index contributed by atoms with van der Waals surface area (Å²) in [5, 5.41) is 3.47. The summed E-state index contributed by atoms with van der Waals surface area (Å²) in [6.45, 7) is 5.86. The van der Waals surface area contributed by atoms with Crippen molar-refractivity contribution in [2.75, 3.05) is 13.2 Å². The van der Waals surface area contributed by atoms with E-state index in [4.69, 9.17) is 9.47 Å². The van der Waals surface area contributed by atoms with Gasteiger partial charge >= 0.3 is 5.97 Å². The largest absolute Gasteiger partial charge is 0.479 e. The van der Waals surface area contributed by atoms with Crippen molar-refractivity contribution >= 4 is 5.97 Å². The highest BCUT2D eigenvalue weighted by molar-refractivity contribution is 5.76. The first-order valence-electron chi connectivity index (χ1n) is 7.34. The highest BCUT2D eigenvalue weighted by atomic mass is 16.6. The Morgan fingerprint density at radius 3 is 2.75 bits per heavy atom. The molecule has 0 aromatic heterocycles. The Balaban J connectivity index is 1.84. The number of benzene rings is 1. The SMILES string of the molecule is CCCNC(C)Cc1ccc(OC2CCOC2=O)cc1. The first kappa shape index (κ1) is 14.9. The Morgan fingerprint density at radius 1 is 1.40 bits per heavy atom. The molecule has 0 aliphatic carbocycles. The molecule has 2 rings (SSSR count). The number of rotatable bonds is 7. The van der Waals surface area contributed by atoms with Crippen molar-refractivity contribution in [1.82, 2.24) is 5.32 Å². The summed E-state index contributed by atoms with van der Waals surface area (Å²) >= 11 is 0. The number of nitrogens with one attached hydrogen (secondary N) is 1. The summed E-state index contributed by atoms with van der Waals surface area (Å²) in [6, 6.07) is 8.42. The molecule has 110 valence electrons. The molecule has 4 nitrogen and oxygen atoms in total. The van der Waals surface area contributed by atoms with Crippen LogP contribution in [0.25, 0.3) is 0 Å². The van der Waals surface area contributed by atoms with Gasteiger partial charge in [0.1, 0.15) is 5.75 Å². The molecule has 1 saturated heterocycles. The summed E-state index contributed by atoms with van der Waals surface area (Å²) in [6.07, 6.45) is 2.34. The van der Waals surface area contributed by atoms with Gasteiger partial charge in [-0.15, -0.1) is 0 Å². The van der Waals surface area contributed by atoms with Crippen LogP contribution < -0.4 is 10.1 Å². The predicted molar refractivity (Wildman–Crippen MR) is 77.9 cm³/mol. The Morgan fingerprint density at radius 2 is 2.15 bits per heavy atom. The molecule has 1 aromatic carbocycles. The topological polar surface area (TPSA) is 47.6 Å². The number of hydrogen-bond acceptors (Lipinski definition) is 4. The van der Waals surface area contributed by atoms with Gasteiger partial charge in [-0.25, -0.2) is 4.79 Å². The second-order valence-corrected chi connectivity index (χ2v) is 5.27. The van der Waals surface area contributed by atoms with Crippen LogP contribution in [-0.4, -0.2) is 31.3 Å². The summed E-state index contributed by atoms with van der Waals surface area (Å²) < 4.78 is 10.5. The standard InChI is InChI=1S/C16H23NO3/c1-3-9-17-12(2)11-13-4-6-14(7-5-13)20-15-8-10-19-16(15)18/h4-7,12,15,17H,3,8-11H2,1-2H3. The molecule has 1 N–H and O–H groups in total. The third-order valence-corrected chi connectivity index (χ3v) is 3.37. The quantitative estimate of drug-likeness (QED) is 0.777. The van der Waals surface area contributed by atoms with Gasteiger partial charge in [0, 0.05) is 12.5 Å². The minimum absolute atomic E-state index is 0.258.